The molecule has 2 aromatic rings. The zero-order valence-corrected chi connectivity index (χ0v) is 23.3. The van der Waals surface area contributed by atoms with E-state index in [0.29, 0.717) is 18.6 Å². The Balaban J connectivity index is 1.42. The van der Waals surface area contributed by atoms with E-state index in [1.165, 1.54) is 5.56 Å². The number of carbonyl (C=O) groups excluding carboxylic acids is 3. The molecule has 2 saturated heterocycles. The summed E-state index contributed by atoms with van der Waals surface area (Å²) in [4.78, 5) is 38.8. The normalized spacial score (nSPS) is 21.7. The van der Waals surface area contributed by atoms with Gasteiger partial charge in [0.25, 0.3) is 5.91 Å². The lowest BCUT2D eigenvalue weighted by Crippen LogP contribution is -2.60. The Hall–Kier alpha value is -3.23. The lowest BCUT2D eigenvalue weighted by Gasteiger charge is -2.40. The van der Waals surface area contributed by atoms with Gasteiger partial charge in [-0.05, 0) is 88.8 Å². The van der Waals surface area contributed by atoms with Gasteiger partial charge in [-0.3, -0.25) is 15.0 Å². The molecule has 0 spiro atoms. The number of ether oxygens (including phenoxy) is 1. The van der Waals surface area contributed by atoms with E-state index in [2.05, 4.69) is 27.9 Å². The molecule has 2 aromatic carbocycles. The van der Waals surface area contributed by atoms with Crippen LogP contribution in [0.2, 0.25) is 0 Å². The van der Waals surface area contributed by atoms with Crippen LogP contribution < -0.4 is 16.5 Å². The van der Waals surface area contributed by atoms with Crippen molar-refractivity contribution in [2.24, 2.45) is 5.73 Å². The van der Waals surface area contributed by atoms with E-state index in [-0.39, 0.29) is 35.8 Å². The van der Waals surface area contributed by atoms with Crippen LogP contribution in [0.4, 0.5) is 0 Å². The fourth-order valence-corrected chi connectivity index (χ4v) is 5.83. The number of esters is 1. The number of hydrogen-bond donors (Lipinski definition) is 3. The van der Waals surface area contributed by atoms with Gasteiger partial charge in [-0.25, -0.2) is 9.80 Å². The third kappa shape index (κ3) is 7.25. The standard InChI is InChI=1S/C31H42N4O4/c1-4-39-29(37)26-15-9-8-14-25(26)22-19-23-17-18-24(20-22)35(23)34-28(36)27(33-30(38)31(2,3)32)16-10-13-21-11-6-5-7-12-21/h5-9,11-12,14-15,22-24,27H,4,10,13,16-20,32H2,1-3H3,(H,33,38)(H,34,36)/t22?,23-,24+,27?. The van der Waals surface area contributed by atoms with Crippen LogP contribution >= 0.6 is 0 Å². The van der Waals surface area contributed by atoms with Crippen molar-refractivity contribution < 1.29 is 19.1 Å². The van der Waals surface area contributed by atoms with E-state index >= 15 is 0 Å². The molecule has 0 radical (unpaired) electrons. The summed E-state index contributed by atoms with van der Waals surface area (Å²) in [6, 6.07) is 17.5. The molecule has 2 aliphatic heterocycles. The Morgan fingerprint density at radius 1 is 1.03 bits per heavy atom. The SMILES string of the molecule is CCOC(=O)c1ccccc1C1C[C@H]2CC[C@@H](C1)N2NC(=O)C(CCCc1ccccc1)NC(=O)C(C)(C)N. The molecule has 4 N–H and O–H groups in total. The molecule has 0 aromatic heterocycles. The second kappa shape index (κ2) is 12.7. The van der Waals surface area contributed by atoms with Crippen molar-refractivity contribution in [2.75, 3.05) is 6.61 Å². The number of hydrazine groups is 1. The zero-order valence-electron chi connectivity index (χ0n) is 23.3. The summed E-state index contributed by atoms with van der Waals surface area (Å²) < 4.78 is 5.29. The van der Waals surface area contributed by atoms with Gasteiger partial charge < -0.3 is 15.8 Å². The minimum Gasteiger partial charge on any atom is -0.462 e. The molecule has 4 rings (SSSR count). The van der Waals surface area contributed by atoms with E-state index in [0.717, 1.165) is 44.1 Å². The number of rotatable bonds is 11. The van der Waals surface area contributed by atoms with E-state index < -0.39 is 11.6 Å². The number of nitrogens with two attached hydrogens (primary N) is 1. The van der Waals surface area contributed by atoms with Crippen molar-refractivity contribution in [1.82, 2.24) is 15.8 Å². The first-order chi connectivity index (χ1) is 18.7. The summed E-state index contributed by atoms with van der Waals surface area (Å²) in [5, 5.41) is 4.99. The smallest absolute Gasteiger partial charge is 0.338 e. The molecular weight excluding hydrogens is 492 g/mol. The number of fused-ring (bicyclic) bond motifs is 2. The van der Waals surface area contributed by atoms with Gasteiger partial charge in [-0.15, -0.1) is 0 Å². The highest BCUT2D eigenvalue weighted by Crippen LogP contribution is 2.43. The number of carbonyl (C=O) groups is 3. The summed E-state index contributed by atoms with van der Waals surface area (Å²) in [5.41, 5.74) is 11.0. The van der Waals surface area contributed by atoms with Gasteiger partial charge in [0.2, 0.25) is 5.91 Å². The molecule has 8 heteroatoms. The van der Waals surface area contributed by atoms with Crippen LogP contribution in [0, 0.1) is 0 Å². The van der Waals surface area contributed by atoms with Gasteiger partial charge in [-0.1, -0.05) is 48.5 Å². The summed E-state index contributed by atoms with van der Waals surface area (Å²) in [7, 11) is 0. The number of hydrogen-bond acceptors (Lipinski definition) is 6. The number of amides is 2. The van der Waals surface area contributed by atoms with Gasteiger partial charge in [0, 0.05) is 12.1 Å². The van der Waals surface area contributed by atoms with Crippen molar-refractivity contribution in [3.8, 4) is 0 Å². The summed E-state index contributed by atoms with van der Waals surface area (Å²) >= 11 is 0. The van der Waals surface area contributed by atoms with Crippen molar-refractivity contribution >= 4 is 17.8 Å². The van der Waals surface area contributed by atoms with Crippen molar-refractivity contribution in [3.05, 3.63) is 71.3 Å². The minimum atomic E-state index is -1.08. The molecule has 2 bridgehead atoms. The summed E-state index contributed by atoms with van der Waals surface area (Å²) in [5.74, 6) is -0.619. The molecule has 0 aliphatic carbocycles. The van der Waals surface area contributed by atoms with Crippen molar-refractivity contribution in [1.29, 1.82) is 0 Å². The highest BCUT2D eigenvalue weighted by molar-refractivity contribution is 5.92. The molecule has 4 atom stereocenters. The molecular formula is C31H42N4O4. The van der Waals surface area contributed by atoms with Crippen LogP contribution in [0.3, 0.4) is 0 Å². The molecule has 8 nitrogen and oxygen atoms in total. The van der Waals surface area contributed by atoms with Crippen LogP contribution in [0.5, 0.6) is 0 Å². The lowest BCUT2D eigenvalue weighted by atomic mass is 9.83. The Morgan fingerprint density at radius 3 is 2.31 bits per heavy atom. The van der Waals surface area contributed by atoms with Gasteiger partial charge in [0.1, 0.15) is 6.04 Å². The number of benzene rings is 2. The van der Waals surface area contributed by atoms with Gasteiger partial charge >= 0.3 is 5.97 Å². The lowest BCUT2D eigenvalue weighted by molar-refractivity contribution is -0.135. The molecule has 2 amide bonds. The zero-order chi connectivity index (χ0) is 28.0. The van der Waals surface area contributed by atoms with Gasteiger partial charge in [0.15, 0.2) is 0 Å². The van der Waals surface area contributed by atoms with Gasteiger partial charge in [-0.2, -0.15) is 0 Å². The largest absolute Gasteiger partial charge is 0.462 e. The van der Waals surface area contributed by atoms with E-state index in [1.54, 1.807) is 13.8 Å². The monoisotopic (exact) mass is 534 g/mol. The van der Waals surface area contributed by atoms with Crippen LogP contribution in [0.25, 0.3) is 0 Å². The van der Waals surface area contributed by atoms with E-state index in [1.807, 2.05) is 49.4 Å². The Morgan fingerprint density at radius 2 is 1.67 bits per heavy atom. The third-order valence-electron chi connectivity index (χ3n) is 7.88. The maximum absolute atomic E-state index is 13.5. The first-order valence-corrected chi connectivity index (χ1v) is 14.2. The predicted octanol–water partition coefficient (Wildman–Crippen LogP) is 3.85. The number of nitrogens with zero attached hydrogens (tertiary/aromatic N) is 1. The minimum absolute atomic E-state index is 0.166. The Bertz CT molecular complexity index is 1130. The first-order valence-electron chi connectivity index (χ1n) is 14.2. The molecule has 39 heavy (non-hydrogen) atoms. The number of aryl methyl sites for hydroxylation is 1. The number of nitrogens with one attached hydrogen (secondary N) is 2. The predicted molar refractivity (Wildman–Crippen MR) is 151 cm³/mol. The Labute approximate surface area is 231 Å². The molecule has 2 aliphatic rings. The maximum Gasteiger partial charge on any atom is 0.338 e. The van der Waals surface area contributed by atoms with Crippen molar-refractivity contribution in [2.45, 2.75) is 95.3 Å². The second-order valence-corrected chi connectivity index (χ2v) is 11.4. The highest BCUT2D eigenvalue weighted by atomic mass is 16.5. The average molecular weight is 535 g/mol. The van der Waals surface area contributed by atoms with Gasteiger partial charge in [0.05, 0.1) is 17.7 Å². The Kier molecular flexibility index (Phi) is 9.40. The molecule has 2 heterocycles. The summed E-state index contributed by atoms with van der Waals surface area (Å²) in [6.45, 7) is 5.43. The van der Waals surface area contributed by atoms with Crippen LogP contribution in [0.15, 0.2) is 54.6 Å². The quantitative estimate of drug-likeness (QED) is 0.378. The van der Waals surface area contributed by atoms with E-state index in [9.17, 15) is 14.4 Å². The maximum atomic E-state index is 13.5. The molecule has 2 fully saturated rings. The second-order valence-electron chi connectivity index (χ2n) is 11.4. The highest BCUT2D eigenvalue weighted by Gasteiger charge is 2.43. The summed E-state index contributed by atoms with van der Waals surface area (Å²) in [6.07, 6.45) is 5.73. The average Bonchev–Trinajstić information content (AvgIpc) is 3.13. The fraction of sp³-hybridized carbons (Fsp3) is 0.516. The van der Waals surface area contributed by atoms with E-state index in [4.69, 9.17) is 10.5 Å². The van der Waals surface area contributed by atoms with Crippen LogP contribution in [-0.2, 0) is 20.7 Å². The topological polar surface area (TPSA) is 114 Å². The van der Waals surface area contributed by atoms with Crippen LogP contribution in [0.1, 0.15) is 86.7 Å². The third-order valence-corrected chi connectivity index (χ3v) is 7.88. The molecule has 0 saturated carbocycles. The molecule has 2 unspecified atom stereocenters. The number of piperidine rings is 1. The molecule has 210 valence electrons. The fourth-order valence-electron chi connectivity index (χ4n) is 5.83. The van der Waals surface area contributed by atoms with Crippen LogP contribution in [-0.4, -0.2) is 53.1 Å². The van der Waals surface area contributed by atoms with Crippen molar-refractivity contribution in [3.63, 3.8) is 0 Å². The first kappa shape index (κ1) is 28.8.